The highest BCUT2D eigenvalue weighted by Gasteiger charge is 2.14. The zero-order valence-corrected chi connectivity index (χ0v) is 10.6. The number of ketones is 1. The fourth-order valence-corrected chi connectivity index (χ4v) is 2.15. The van der Waals surface area contributed by atoms with E-state index >= 15 is 0 Å². The summed E-state index contributed by atoms with van der Waals surface area (Å²) in [6.07, 6.45) is 6.50. The molecule has 1 aromatic carbocycles. The van der Waals surface area contributed by atoms with Crippen molar-refractivity contribution in [1.29, 1.82) is 0 Å². The molecule has 0 amide bonds. The topological polar surface area (TPSA) is 34.1 Å². The maximum atomic E-state index is 13.4. The summed E-state index contributed by atoms with van der Waals surface area (Å²) in [7, 11) is 0. The standard InChI is InChI=1S/C16H15FO2/c17-15-7-2-1-5-13(15)6-3-4-12-8-9-14(11-18)16(19)10-12/h1-2,5,7-9,11H,3-4,6,10H2. The number of benzene rings is 1. The van der Waals surface area contributed by atoms with Crippen LogP contribution >= 0.6 is 0 Å². The van der Waals surface area contributed by atoms with Gasteiger partial charge in [0.05, 0.1) is 5.57 Å². The Morgan fingerprint density at radius 2 is 1.95 bits per heavy atom. The molecular formula is C16H15FO2. The van der Waals surface area contributed by atoms with Crippen molar-refractivity contribution in [2.45, 2.75) is 25.7 Å². The zero-order valence-electron chi connectivity index (χ0n) is 10.6. The van der Waals surface area contributed by atoms with Crippen LogP contribution in [0.25, 0.3) is 0 Å². The Kier molecular flexibility index (Phi) is 4.39. The molecule has 2 nitrogen and oxygen atoms in total. The summed E-state index contributed by atoms with van der Waals surface area (Å²) in [5, 5.41) is 0. The van der Waals surface area contributed by atoms with Crippen molar-refractivity contribution in [3.63, 3.8) is 0 Å². The molecule has 0 saturated carbocycles. The summed E-state index contributed by atoms with van der Waals surface area (Å²) in [6.45, 7) is 0. The first-order valence-corrected chi connectivity index (χ1v) is 6.32. The summed E-state index contributed by atoms with van der Waals surface area (Å²) in [5.41, 5.74) is 1.94. The molecule has 0 fully saturated rings. The van der Waals surface area contributed by atoms with Gasteiger partial charge in [-0.25, -0.2) is 4.39 Å². The monoisotopic (exact) mass is 258 g/mol. The number of aryl methyl sites for hydroxylation is 1. The number of aldehydes is 1. The second-order valence-electron chi connectivity index (χ2n) is 4.61. The average Bonchev–Trinajstić information content (AvgIpc) is 2.41. The molecule has 0 saturated heterocycles. The summed E-state index contributed by atoms with van der Waals surface area (Å²) < 4.78 is 13.4. The Morgan fingerprint density at radius 1 is 1.16 bits per heavy atom. The van der Waals surface area contributed by atoms with Gasteiger partial charge in [-0.15, -0.1) is 0 Å². The first-order valence-electron chi connectivity index (χ1n) is 6.32. The average molecular weight is 258 g/mol. The van der Waals surface area contributed by atoms with Crippen LogP contribution in [0, 0.1) is 5.82 Å². The van der Waals surface area contributed by atoms with Gasteiger partial charge >= 0.3 is 0 Å². The van der Waals surface area contributed by atoms with E-state index in [1.165, 1.54) is 6.07 Å². The van der Waals surface area contributed by atoms with Crippen molar-refractivity contribution in [2.75, 3.05) is 0 Å². The lowest BCUT2D eigenvalue weighted by Gasteiger charge is -2.10. The molecule has 0 spiro atoms. The van der Waals surface area contributed by atoms with Crippen LogP contribution < -0.4 is 0 Å². The van der Waals surface area contributed by atoms with Gasteiger partial charge in [0.2, 0.25) is 0 Å². The molecule has 2 rings (SSSR count). The van der Waals surface area contributed by atoms with Crippen molar-refractivity contribution >= 4 is 12.1 Å². The van der Waals surface area contributed by atoms with Crippen LogP contribution in [0.4, 0.5) is 4.39 Å². The predicted molar refractivity (Wildman–Crippen MR) is 71.2 cm³/mol. The number of hydrogen-bond acceptors (Lipinski definition) is 2. The van der Waals surface area contributed by atoms with Crippen molar-refractivity contribution in [1.82, 2.24) is 0 Å². The number of Topliss-reactive ketones (excluding diaryl/α,β-unsaturated/α-hetero) is 1. The van der Waals surface area contributed by atoms with Gasteiger partial charge in [-0.1, -0.05) is 29.8 Å². The number of allylic oxidation sites excluding steroid dienone is 4. The molecule has 3 heteroatoms. The highest BCUT2D eigenvalue weighted by molar-refractivity contribution is 6.13. The van der Waals surface area contributed by atoms with Gasteiger partial charge in [-0.3, -0.25) is 9.59 Å². The van der Waals surface area contributed by atoms with Crippen LogP contribution in [-0.4, -0.2) is 12.1 Å². The first kappa shape index (κ1) is 13.4. The fourth-order valence-electron chi connectivity index (χ4n) is 2.15. The maximum absolute atomic E-state index is 13.4. The number of hydrogen-bond donors (Lipinski definition) is 0. The molecule has 0 unspecified atom stereocenters. The summed E-state index contributed by atoms with van der Waals surface area (Å²) in [6, 6.07) is 6.73. The fraction of sp³-hybridized carbons (Fsp3) is 0.250. The molecule has 19 heavy (non-hydrogen) atoms. The summed E-state index contributed by atoms with van der Waals surface area (Å²) in [5.74, 6) is -0.308. The lowest BCUT2D eigenvalue weighted by molar-refractivity contribution is -0.117. The lowest BCUT2D eigenvalue weighted by atomic mass is 9.93. The Labute approximate surface area is 111 Å². The van der Waals surface area contributed by atoms with E-state index in [0.29, 0.717) is 24.7 Å². The highest BCUT2D eigenvalue weighted by atomic mass is 19.1. The second kappa shape index (κ2) is 6.23. The van der Waals surface area contributed by atoms with E-state index in [1.807, 2.05) is 12.1 Å². The zero-order chi connectivity index (χ0) is 13.7. The van der Waals surface area contributed by atoms with Crippen LogP contribution in [-0.2, 0) is 16.0 Å². The molecule has 0 aliphatic heterocycles. The molecule has 98 valence electrons. The van der Waals surface area contributed by atoms with Crippen LogP contribution in [0.1, 0.15) is 24.8 Å². The van der Waals surface area contributed by atoms with E-state index in [9.17, 15) is 14.0 Å². The largest absolute Gasteiger partial charge is 0.298 e. The molecule has 0 radical (unpaired) electrons. The van der Waals surface area contributed by atoms with Crippen molar-refractivity contribution in [3.05, 3.63) is 58.9 Å². The molecular weight excluding hydrogens is 243 g/mol. The number of rotatable bonds is 5. The quantitative estimate of drug-likeness (QED) is 0.600. The van der Waals surface area contributed by atoms with E-state index in [-0.39, 0.29) is 17.2 Å². The van der Waals surface area contributed by atoms with Gasteiger partial charge < -0.3 is 0 Å². The van der Waals surface area contributed by atoms with Gasteiger partial charge in [-0.05, 0) is 37.0 Å². The summed E-state index contributed by atoms with van der Waals surface area (Å²) in [4.78, 5) is 22.1. The van der Waals surface area contributed by atoms with Gasteiger partial charge in [0.25, 0.3) is 0 Å². The third-order valence-electron chi connectivity index (χ3n) is 3.24. The molecule has 1 aliphatic carbocycles. The maximum Gasteiger partial charge on any atom is 0.170 e. The minimum Gasteiger partial charge on any atom is -0.298 e. The van der Waals surface area contributed by atoms with Crippen LogP contribution in [0.15, 0.2) is 47.6 Å². The molecule has 0 aromatic heterocycles. The molecule has 0 atom stereocenters. The van der Waals surface area contributed by atoms with Crippen LogP contribution in [0.5, 0.6) is 0 Å². The van der Waals surface area contributed by atoms with Crippen molar-refractivity contribution in [3.8, 4) is 0 Å². The Hall–Kier alpha value is -2.03. The minimum absolute atomic E-state index is 0.126. The van der Waals surface area contributed by atoms with Crippen molar-refractivity contribution in [2.24, 2.45) is 0 Å². The van der Waals surface area contributed by atoms with E-state index in [2.05, 4.69) is 0 Å². The third-order valence-corrected chi connectivity index (χ3v) is 3.24. The van der Waals surface area contributed by atoms with Crippen molar-refractivity contribution < 1.29 is 14.0 Å². The third kappa shape index (κ3) is 3.47. The van der Waals surface area contributed by atoms with E-state index in [0.717, 1.165) is 18.4 Å². The van der Waals surface area contributed by atoms with Gasteiger partial charge in [0, 0.05) is 6.42 Å². The Morgan fingerprint density at radius 3 is 2.63 bits per heavy atom. The first-order chi connectivity index (χ1) is 9.20. The van der Waals surface area contributed by atoms with Gasteiger partial charge in [0.1, 0.15) is 5.82 Å². The number of carbonyl (C=O) groups is 2. The van der Waals surface area contributed by atoms with Crippen LogP contribution in [0.3, 0.4) is 0 Å². The second-order valence-corrected chi connectivity index (χ2v) is 4.61. The lowest BCUT2D eigenvalue weighted by Crippen LogP contribution is -2.09. The van der Waals surface area contributed by atoms with Crippen LogP contribution in [0.2, 0.25) is 0 Å². The van der Waals surface area contributed by atoms with E-state index in [1.54, 1.807) is 18.2 Å². The highest BCUT2D eigenvalue weighted by Crippen LogP contribution is 2.20. The SMILES string of the molecule is O=CC1=CC=C(CCCc2ccccc2F)CC1=O. The van der Waals surface area contributed by atoms with Gasteiger partial charge in [-0.2, -0.15) is 0 Å². The van der Waals surface area contributed by atoms with E-state index < -0.39 is 0 Å². The smallest absolute Gasteiger partial charge is 0.170 e. The Balaban J connectivity index is 1.89. The molecule has 0 N–H and O–H groups in total. The molecule has 0 bridgehead atoms. The van der Waals surface area contributed by atoms with Gasteiger partial charge in [0.15, 0.2) is 12.1 Å². The summed E-state index contributed by atoms with van der Waals surface area (Å²) >= 11 is 0. The minimum atomic E-state index is -0.181. The molecule has 1 aromatic rings. The normalized spacial score (nSPS) is 14.9. The Bertz CT molecular complexity index is 556. The number of halogens is 1. The van der Waals surface area contributed by atoms with E-state index in [4.69, 9.17) is 0 Å². The number of carbonyl (C=O) groups excluding carboxylic acids is 2. The molecule has 0 heterocycles. The predicted octanol–water partition coefficient (Wildman–Crippen LogP) is 3.17. The molecule has 1 aliphatic rings.